The minimum atomic E-state index is -0.815. The zero-order valence-electron chi connectivity index (χ0n) is 12.5. The van der Waals surface area contributed by atoms with Gasteiger partial charge in [-0.2, -0.15) is 0 Å². The highest BCUT2D eigenvalue weighted by atomic mass is 32.2. The van der Waals surface area contributed by atoms with E-state index < -0.39 is 5.97 Å². The predicted octanol–water partition coefficient (Wildman–Crippen LogP) is 3.86. The molecule has 0 unspecified atom stereocenters. The topological polar surface area (TPSA) is 55.1 Å². The molecule has 0 saturated carbocycles. The molecule has 6 heteroatoms. The van der Waals surface area contributed by atoms with Gasteiger partial charge in [-0.1, -0.05) is 32.5 Å². The molecule has 2 aromatic rings. The van der Waals surface area contributed by atoms with Crippen molar-refractivity contribution in [2.24, 2.45) is 0 Å². The van der Waals surface area contributed by atoms with Gasteiger partial charge in [0.05, 0.1) is 12.3 Å². The first kappa shape index (κ1) is 16.1. The van der Waals surface area contributed by atoms with Gasteiger partial charge in [0, 0.05) is 21.6 Å². The van der Waals surface area contributed by atoms with Crippen LogP contribution >= 0.6 is 23.1 Å². The molecule has 2 heterocycles. The normalized spacial score (nSPS) is 11.2. The summed E-state index contributed by atoms with van der Waals surface area (Å²) in [6.45, 7) is 7.18. The fraction of sp³-hybridized carbons (Fsp3) is 0.467. The summed E-state index contributed by atoms with van der Waals surface area (Å²) in [6, 6.07) is 4.31. The first-order valence-corrected chi connectivity index (χ1v) is 8.79. The second-order valence-corrected chi connectivity index (χ2v) is 7.31. The summed E-state index contributed by atoms with van der Waals surface area (Å²) in [4.78, 5) is 17.8. The van der Waals surface area contributed by atoms with E-state index in [0.29, 0.717) is 5.92 Å². The van der Waals surface area contributed by atoms with Crippen molar-refractivity contribution in [3.8, 4) is 0 Å². The molecular weight excluding hydrogens is 304 g/mol. The molecule has 2 aromatic heterocycles. The number of carboxylic acid groups (broad SMARTS) is 1. The Balaban J connectivity index is 2.25. The van der Waals surface area contributed by atoms with Gasteiger partial charge in [-0.3, -0.25) is 4.79 Å². The number of carbonyl (C=O) groups is 1. The lowest BCUT2D eigenvalue weighted by Gasteiger charge is -2.12. The molecule has 2 rings (SSSR count). The second kappa shape index (κ2) is 7.13. The largest absolute Gasteiger partial charge is 0.481 e. The Hall–Kier alpha value is -1.27. The Morgan fingerprint density at radius 2 is 2.14 bits per heavy atom. The summed E-state index contributed by atoms with van der Waals surface area (Å²) in [6.07, 6.45) is 2.91. The lowest BCUT2D eigenvalue weighted by Crippen LogP contribution is -2.07. The summed E-state index contributed by atoms with van der Waals surface area (Å²) >= 11 is 3.09. The van der Waals surface area contributed by atoms with E-state index in [1.165, 1.54) is 21.5 Å². The van der Waals surface area contributed by atoms with Crippen molar-refractivity contribution in [1.82, 2.24) is 9.55 Å². The van der Waals surface area contributed by atoms with E-state index in [9.17, 15) is 4.79 Å². The van der Waals surface area contributed by atoms with E-state index >= 15 is 0 Å². The lowest BCUT2D eigenvalue weighted by molar-refractivity contribution is -0.133. The molecule has 21 heavy (non-hydrogen) atoms. The Labute approximate surface area is 133 Å². The van der Waals surface area contributed by atoms with Crippen LogP contribution in [0.2, 0.25) is 0 Å². The summed E-state index contributed by atoms with van der Waals surface area (Å²) < 4.78 is 2.14. The van der Waals surface area contributed by atoms with Crippen molar-refractivity contribution < 1.29 is 9.90 Å². The van der Waals surface area contributed by atoms with Crippen LogP contribution in [0.4, 0.5) is 0 Å². The molecule has 114 valence electrons. The van der Waals surface area contributed by atoms with Crippen molar-refractivity contribution in [3.63, 3.8) is 0 Å². The number of thioether (sulfide) groups is 1. The maximum Gasteiger partial charge on any atom is 0.313 e. The van der Waals surface area contributed by atoms with Gasteiger partial charge in [0.2, 0.25) is 0 Å². The summed E-state index contributed by atoms with van der Waals surface area (Å²) in [5, 5.41) is 9.64. The van der Waals surface area contributed by atoms with Crippen molar-refractivity contribution in [2.45, 2.75) is 44.8 Å². The van der Waals surface area contributed by atoms with Crippen molar-refractivity contribution in [2.75, 3.05) is 5.75 Å². The molecule has 0 aliphatic carbocycles. The van der Waals surface area contributed by atoms with E-state index in [0.717, 1.165) is 23.8 Å². The van der Waals surface area contributed by atoms with E-state index in [-0.39, 0.29) is 5.75 Å². The van der Waals surface area contributed by atoms with Crippen LogP contribution in [0.15, 0.2) is 23.5 Å². The number of hydrogen-bond acceptors (Lipinski definition) is 4. The molecule has 0 fully saturated rings. The zero-order valence-corrected chi connectivity index (χ0v) is 14.1. The smallest absolute Gasteiger partial charge is 0.313 e. The van der Waals surface area contributed by atoms with Crippen LogP contribution < -0.4 is 0 Å². The van der Waals surface area contributed by atoms with E-state index in [1.54, 1.807) is 0 Å². The SMILES string of the molecule is CCc1ccc(Cn2c(C(C)C)cnc2SCC(=O)O)s1. The Morgan fingerprint density at radius 3 is 2.71 bits per heavy atom. The molecule has 0 spiro atoms. The second-order valence-electron chi connectivity index (χ2n) is 5.11. The van der Waals surface area contributed by atoms with Gasteiger partial charge in [-0.25, -0.2) is 4.98 Å². The van der Waals surface area contributed by atoms with Gasteiger partial charge in [-0.15, -0.1) is 11.3 Å². The average Bonchev–Trinajstić information content (AvgIpc) is 3.03. The first-order valence-electron chi connectivity index (χ1n) is 6.98. The van der Waals surface area contributed by atoms with Crippen LogP contribution in [-0.4, -0.2) is 26.4 Å². The van der Waals surface area contributed by atoms with Crippen LogP contribution in [0.1, 0.15) is 42.1 Å². The number of hydrogen-bond donors (Lipinski definition) is 1. The number of aromatic nitrogens is 2. The van der Waals surface area contributed by atoms with Gasteiger partial charge in [0.15, 0.2) is 5.16 Å². The number of aryl methyl sites for hydroxylation is 1. The van der Waals surface area contributed by atoms with Gasteiger partial charge in [0.1, 0.15) is 0 Å². The molecular formula is C15H20N2O2S2. The van der Waals surface area contributed by atoms with Crippen molar-refractivity contribution in [3.05, 3.63) is 33.8 Å². The van der Waals surface area contributed by atoms with Crippen LogP contribution in [-0.2, 0) is 17.8 Å². The summed E-state index contributed by atoms with van der Waals surface area (Å²) in [7, 11) is 0. The zero-order chi connectivity index (χ0) is 15.4. The molecule has 0 aliphatic heterocycles. The molecule has 1 N–H and O–H groups in total. The van der Waals surface area contributed by atoms with Crippen LogP contribution in [0.3, 0.4) is 0 Å². The predicted molar refractivity (Wildman–Crippen MR) is 87.5 cm³/mol. The van der Waals surface area contributed by atoms with Crippen LogP contribution in [0, 0.1) is 0 Å². The highest BCUT2D eigenvalue weighted by Gasteiger charge is 2.15. The van der Waals surface area contributed by atoms with E-state index in [2.05, 4.69) is 42.5 Å². The number of nitrogens with zero attached hydrogens (tertiary/aromatic N) is 2. The number of imidazole rings is 1. The standard InChI is InChI=1S/C15H20N2O2S2/c1-4-11-5-6-12(21-11)8-17-13(10(2)3)7-16-15(17)20-9-14(18)19/h5-7,10H,4,8-9H2,1-3H3,(H,18,19). The third kappa shape index (κ3) is 4.11. The molecule has 0 atom stereocenters. The maximum atomic E-state index is 10.8. The minimum absolute atomic E-state index is 0.0409. The fourth-order valence-electron chi connectivity index (χ4n) is 2.09. The molecule has 4 nitrogen and oxygen atoms in total. The highest BCUT2D eigenvalue weighted by molar-refractivity contribution is 7.99. The number of carboxylic acids is 1. The molecule has 0 aromatic carbocycles. The highest BCUT2D eigenvalue weighted by Crippen LogP contribution is 2.26. The fourth-order valence-corrected chi connectivity index (χ4v) is 3.74. The summed E-state index contributed by atoms with van der Waals surface area (Å²) in [5.74, 6) is -0.411. The Kier molecular flexibility index (Phi) is 5.47. The quantitative estimate of drug-likeness (QED) is 0.786. The minimum Gasteiger partial charge on any atom is -0.481 e. The molecule has 0 saturated heterocycles. The third-order valence-electron chi connectivity index (χ3n) is 3.15. The van der Waals surface area contributed by atoms with Gasteiger partial charge in [-0.05, 0) is 24.5 Å². The van der Waals surface area contributed by atoms with Gasteiger partial charge in [0.25, 0.3) is 0 Å². The molecule has 0 bridgehead atoms. The molecule has 0 aliphatic rings. The lowest BCUT2D eigenvalue weighted by atomic mass is 10.1. The van der Waals surface area contributed by atoms with Crippen LogP contribution in [0.25, 0.3) is 0 Å². The first-order chi connectivity index (χ1) is 10.0. The molecule has 0 radical (unpaired) electrons. The summed E-state index contributed by atoms with van der Waals surface area (Å²) in [5.41, 5.74) is 1.15. The van der Waals surface area contributed by atoms with Crippen LogP contribution in [0.5, 0.6) is 0 Å². The van der Waals surface area contributed by atoms with Crippen molar-refractivity contribution >= 4 is 29.1 Å². The Bertz CT molecular complexity index is 617. The Morgan fingerprint density at radius 1 is 1.43 bits per heavy atom. The van der Waals surface area contributed by atoms with E-state index in [1.807, 2.05) is 17.5 Å². The van der Waals surface area contributed by atoms with Gasteiger partial charge < -0.3 is 9.67 Å². The van der Waals surface area contributed by atoms with Crippen molar-refractivity contribution in [1.29, 1.82) is 0 Å². The van der Waals surface area contributed by atoms with E-state index in [4.69, 9.17) is 5.11 Å². The monoisotopic (exact) mass is 324 g/mol. The number of aliphatic carboxylic acids is 1. The van der Waals surface area contributed by atoms with Gasteiger partial charge >= 0.3 is 5.97 Å². The number of thiophene rings is 1. The number of rotatable bonds is 7. The average molecular weight is 324 g/mol. The maximum absolute atomic E-state index is 10.8. The third-order valence-corrected chi connectivity index (χ3v) is 5.34. The molecule has 0 amide bonds.